The highest BCUT2D eigenvalue weighted by atomic mass is 16.5. The molecule has 18 heavy (non-hydrogen) atoms. The highest BCUT2D eigenvalue weighted by molar-refractivity contribution is 5.75. The monoisotopic (exact) mass is 249 g/mol. The number of carbonyl (C=O) groups excluding carboxylic acids is 1. The van der Waals surface area contributed by atoms with Gasteiger partial charge in [0, 0.05) is 13.1 Å². The summed E-state index contributed by atoms with van der Waals surface area (Å²) >= 11 is 0. The number of hydrogen-bond donors (Lipinski definition) is 0. The molecular weight excluding hydrogens is 230 g/mol. The molecule has 0 N–H and O–H groups in total. The lowest BCUT2D eigenvalue weighted by atomic mass is 10.2. The number of benzene rings is 1. The summed E-state index contributed by atoms with van der Waals surface area (Å²) in [6.07, 6.45) is 0. The molecule has 0 saturated carbocycles. The van der Waals surface area contributed by atoms with Crippen LogP contribution in [0.4, 0.5) is 0 Å². The highest BCUT2D eigenvalue weighted by Gasteiger charge is 2.24. The lowest BCUT2D eigenvalue weighted by Crippen LogP contribution is -2.46. The van der Waals surface area contributed by atoms with Gasteiger partial charge in [-0.15, -0.1) is 0 Å². The summed E-state index contributed by atoms with van der Waals surface area (Å²) in [6, 6.07) is 9.53. The first kappa shape index (κ1) is 13.1. The highest BCUT2D eigenvalue weighted by Crippen LogP contribution is 2.07. The molecule has 1 heterocycles. The lowest BCUT2D eigenvalue weighted by molar-refractivity contribution is -0.152. The Morgan fingerprint density at radius 3 is 2.67 bits per heavy atom. The van der Waals surface area contributed by atoms with E-state index in [2.05, 4.69) is 4.90 Å². The van der Waals surface area contributed by atoms with Gasteiger partial charge in [0.15, 0.2) is 0 Å². The van der Waals surface area contributed by atoms with Crippen molar-refractivity contribution in [1.82, 2.24) is 4.90 Å². The van der Waals surface area contributed by atoms with Crippen molar-refractivity contribution in [3.63, 3.8) is 0 Å². The van der Waals surface area contributed by atoms with Crippen molar-refractivity contribution >= 4 is 5.97 Å². The predicted octanol–water partition coefficient (Wildman–Crippen LogP) is 1.45. The van der Waals surface area contributed by atoms with Crippen molar-refractivity contribution in [3.8, 4) is 0 Å². The third kappa shape index (κ3) is 3.55. The quantitative estimate of drug-likeness (QED) is 0.757. The third-order valence-electron chi connectivity index (χ3n) is 3.16. The van der Waals surface area contributed by atoms with Gasteiger partial charge >= 0.3 is 5.97 Å². The van der Waals surface area contributed by atoms with Gasteiger partial charge in [0.05, 0.1) is 13.2 Å². The Balaban J connectivity index is 1.80. The van der Waals surface area contributed by atoms with E-state index in [9.17, 15) is 4.79 Å². The first-order valence-electron chi connectivity index (χ1n) is 6.30. The molecule has 1 aromatic rings. The first-order valence-corrected chi connectivity index (χ1v) is 6.30. The molecule has 0 amide bonds. The van der Waals surface area contributed by atoms with Crippen LogP contribution in [0.25, 0.3) is 0 Å². The van der Waals surface area contributed by atoms with Gasteiger partial charge in [-0.1, -0.05) is 30.3 Å². The smallest absolute Gasteiger partial charge is 0.323 e. The molecule has 0 unspecified atom stereocenters. The van der Waals surface area contributed by atoms with Gasteiger partial charge in [0.2, 0.25) is 0 Å². The Bertz CT molecular complexity index is 374. The van der Waals surface area contributed by atoms with Crippen molar-refractivity contribution in [2.75, 3.05) is 26.3 Å². The average molecular weight is 249 g/mol. The molecule has 1 aromatic carbocycles. The first-order chi connectivity index (χ1) is 8.77. The molecule has 4 heteroatoms. The SMILES string of the molecule is C[C@@H](C(=O)OCc1ccccc1)N1CCOCC1. The van der Waals surface area contributed by atoms with Crippen molar-refractivity contribution in [2.24, 2.45) is 0 Å². The number of hydrogen-bond acceptors (Lipinski definition) is 4. The third-order valence-corrected chi connectivity index (χ3v) is 3.16. The molecule has 0 spiro atoms. The van der Waals surface area contributed by atoms with E-state index in [1.165, 1.54) is 0 Å². The Hall–Kier alpha value is -1.39. The van der Waals surface area contributed by atoms with Crippen LogP contribution in [0.15, 0.2) is 30.3 Å². The standard InChI is InChI=1S/C14H19NO3/c1-12(15-7-9-17-10-8-15)14(16)18-11-13-5-3-2-4-6-13/h2-6,12H,7-11H2,1H3/t12-/m0/s1. The molecule has 1 fully saturated rings. The minimum Gasteiger partial charge on any atom is -0.460 e. The fourth-order valence-corrected chi connectivity index (χ4v) is 1.96. The molecule has 98 valence electrons. The fraction of sp³-hybridized carbons (Fsp3) is 0.500. The van der Waals surface area contributed by atoms with Crippen LogP contribution in [0.2, 0.25) is 0 Å². The average Bonchev–Trinajstić information content (AvgIpc) is 2.46. The van der Waals surface area contributed by atoms with Gasteiger partial charge in [-0.05, 0) is 12.5 Å². The van der Waals surface area contributed by atoms with Gasteiger partial charge in [0.25, 0.3) is 0 Å². The number of esters is 1. The van der Waals surface area contributed by atoms with E-state index in [0.717, 1.165) is 18.7 Å². The van der Waals surface area contributed by atoms with Crippen LogP contribution in [0.1, 0.15) is 12.5 Å². The summed E-state index contributed by atoms with van der Waals surface area (Å²) in [6.45, 7) is 5.20. The molecule has 2 rings (SSSR count). The summed E-state index contributed by atoms with van der Waals surface area (Å²) in [4.78, 5) is 14.0. The van der Waals surface area contributed by atoms with Crippen molar-refractivity contribution < 1.29 is 14.3 Å². The van der Waals surface area contributed by atoms with Crippen LogP contribution >= 0.6 is 0 Å². The van der Waals surface area contributed by atoms with Gasteiger partial charge in [-0.25, -0.2) is 0 Å². The second kappa shape index (κ2) is 6.52. The van der Waals surface area contributed by atoms with E-state index < -0.39 is 0 Å². The number of carbonyl (C=O) groups is 1. The molecule has 1 saturated heterocycles. The minimum absolute atomic E-state index is 0.166. The maximum atomic E-state index is 11.9. The molecule has 0 bridgehead atoms. The predicted molar refractivity (Wildman–Crippen MR) is 68.1 cm³/mol. The summed E-state index contributed by atoms with van der Waals surface area (Å²) in [5.41, 5.74) is 1.01. The summed E-state index contributed by atoms with van der Waals surface area (Å²) in [5.74, 6) is -0.166. The zero-order valence-corrected chi connectivity index (χ0v) is 10.7. The van der Waals surface area contributed by atoms with Gasteiger partial charge in [-0.3, -0.25) is 9.69 Å². The molecule has 0 aliphatic carbocycles. The largest absolute Gasteiger partial charge is 0.460 e. The van der Waals surface area contributed by atoms with E-state index in [4.69, 9.17) is 9.47 Å². The van der Waals surface area contributed by atoms with Crippen molar-refractivity contribution in [2.45, 2.75) is 19.6 Å². The number of rotatable bonds is 4. The Kier molecular flexibility index (Phi) is 4.73. The van der Waals surface area contributed by atoms with Crippen LogP contribution < -0.4 is 0 Å². The molecule has 1 atom stereocenters. The van der Waals surface area contributed by atoms with Crippen LogP contribution in [-0.4, -0.2) is 43.2 Å². The zero-order chi connectivity index (χ0) is 12.8. The Morgan fingerprint density at radius 2 is 2.00 bits per heavy atom. The second-order valence-corrected chi connectivity index (χ2v) is 4.42. The Morgan fingerprint density at radius 1 is 1.33 bits per heavy atom. The van der Waals surface area contributed by atoms with Gasteiger partial charge in [-0.2, -0.15) is 0 Å². The topological polar surface area (TPSA) is 38.8 Å². The van der Waals surface area contributed by atoms with Crippen LogP contribution in [0, 0.1) is 0 Å². The Labute approximate surface area is 107 Å². The van der Waals surface area contributed by atoms with Crippen molar-refractivity contribution in [1.29, 1.82) is 0 Å². The van der Waals surface area contributed by atoms with E-state index in [1.54, 1.807) is 0 Å². The summed E-state index contributed by atoms with van der Waals surface area (Å²) < 4.78 is 10.6. The van der Waals surface area contributed by atoms with Crippen LogP contribution in [0.5, 0.6) is 0 Å². The molecule has 1 aliphatic rings. The normalized spacial score (nSPS) is 18.3. The lowest BCUT2D eigenvalue weighted by Gasteiger charge is -2.30. The summed E-state index contributed by atoms with van der Waals surface area (Å²) in [7, 11) is 0. The number of ether oxygens (including phenoxy) is 2. The zero-order valence-electron chi connectivity index (χ0n) is 10.7. The van der Waals surface area contributed by atoms with Crippen LogP contribution in [-0.2, 0) is 20.9 Å². The van der Waals surface area contributed by atoms with Crippen LogP contribution in [0.3, 0.4) is 0 Å². The fourth-order valence-electron chi connectivity index (χ4n) is 1.96. The van der Waals surface area contributed by atoms with E-state index in [0.29, 0.717) is 19.8 Å². The van der Waals surface area contributed by atoms with E-state index >= 15 is 0 Å². The molecule has 0 radical (unpaired) electrons. The number of nitrogens with zero attached hydrogens (tertiary/aromatic N) is 1. The second-order valence-electron chi connectivity index (χ2n) is 4.42. The van der Waals surface area contributed by atoms with E-state index in [1.807, 2.05) is 37.3 Å². The molecule has 1 aliphatic heterocycles. The molecule has 0 aromatic heterocycles. The molecule has 4 nitrogen and oxygen atoms in total. The van der Waals surface area contributed by atoms with Gasteiger partial charge < -0.3 is 9.47 Å². The maximum Gasteiger partial charge on any atom is 0.323 e. The number of morpholine rings is 1. The van der Waals surface area contributed by atoms with E-state index in [-0.39, 0.29) is 12.0 Å². The summed E-state index contributed by atoms with van der Waals surface area (Å²) in [5, 5.41) is 0. The van der Waals surface area contributed by atoms with Gasteiger partial charge in [0.1, 0.15) is 12.6 Å². The minimum atomic E-state index is -0.197. The molecular formula is C14H19NO3. The maximum absolute atomic E-state index is 11.9. The van der Waals surface area contributed by atoms with Crippen molar-refractivity contribution in [3.05, 3.63) is 35.9 Å².